The van der Waals surface area contributed by atoms with Crippen LogP contribution in [-0.2, 0) is 13.1 Å². The van der Waals surface area contributed by atoms with Crippen molar-refractivity contribution < 1.29 is 0 Å². The Kier molecular flexibility index (Phi) is 6.31. The van der Waals surface area contributed by atoms with Crippen molar-refractivity contribution in [2.45, 2.75) is 26.4 Å². The summed E-state index contributed by atoms with van der Waals surface area (Å²) in [7, 11) is 1.93. The van der Waals surface area contributed by atoms with Crippen molar-refractivity contribution in [2.24, 2.45) is 0 Å². The van der Waals surface area contributed by atoms with Crippen LogP contribution in [0.1, 0.15) is 24.6 Å². The summed E-state index contributed by atoms with van der Waals surface area (Å²) in [5, 5.41) is 3.11. The lowest BCUT2D eigenvalue weighted by atomic mass is 10.2. The Morgan fingerprint density at radius 2 is 2.29 bits per heavy atom. The fourth-order valence-corrected chi connectivity index (χ4v) is 1.75. The summed E-state index contributed by atoms with van der Waals surface area (Å²) in [6.45, 7) is 5.55. The number of hydrogen-bond acceptors (Lipinski definition) is 3. The second kappa shape index (κ2) is 7.83. The molecule has 0 aliphatic rings. The number of terminal acetylenes is 1. The number of rotatable bonds is 7. The van der Waals surface area contributed by atoms with Gasteiger partial charge in [0, 0.05) is 19.3 Å². The van der Waals surface area contributed by atoms with Gasteiger partial charge in [-0.25, -0.2) is 0 Å². The minimum Gasteiger partial charge on any atom is -0.316 e. The van der Waals surface area contributed by atoms with Crippen LogP contribution in [0.25, 0.3) is 0 Å². The van der Waals surface area contributed by atoms with Gasteiger partial charge in [-0.15, -0.1) is 6.42 Å². The van der Waals surface area contributed by atoms with Gasteiger partial charge in [0.05, 0.1) is 12.2 Å². The highest BCUT2D eigenvalue weighted by Crippen LogP contribution is 2.04. The van der Waals surface area contributed by atoms with Crippen molar-refractivity contribution in [2.75, 3.05) is 20.1 Å². The molecule has 0 aliphatic carbocycles. The summed E-state index contributed by atoms with van der Waals surface area (Å²) in [5.41, 5.74) is 2.28. The van der Waals surface area contributed by atoms with Crippen molar-refractivity contribution in [3.8, 4) is 12.3 Å². The summed E-state index contributed by atoms with van der Waals surface area (Å²) in [6.07, 6.45) is 8.39. The predicted octanol–water partition coefficient (Wildman–Crippen LogP) is 1.65. The molecule has 1 aromatic heterocycles. The second-order valence-corrected chi connectivity index (χ2v) is 4.10. The van der Waals surface area contributed by atoms with Crippen molar-refractivity contribution >= 4 is 0 Å². The molecule has 0 spiro atoms. The van der Waals surface area contributed by atoms with E-state index in [1.807, 2.05) is 13.2 Å². The number of nitrogens with zero attached hydrogens (tertiary/aromatic N) is 2. The lowest BCUT2D eigenvalue weighted by molar-refractivity contribution is 0.296. The van der Waals surface area contributed by atoms with Gasteiger partial charge in [-0.3, -0.25) is 9.88 Å². The van der Waals surface area contributed by atoms with Gasteiger partial charge >= 0.3 is 0 Å². The quantitative estimate of drug-likeness (QED) is 0.723. The normalized spacial score (nSPS) is 10.5. The number of nitrogens with one attached hydrogen (secondary N) is 1. The summed E-state index contributed by atoms with van der Waals surface area (Å²) >= 11 is 0. The molecule has 0 fully saturated rings. The Bertz CT molecular complexity index is 351. The van der Waals surface area contributed by atoms with Crippen LogP contribution in [-0.4, -0.2) is 30.0 Å². The topological polar surface area (TPSA) is 28.2 Å². The molecule has 0 radical (unpaired) electrons. The second-order valence-electron chi connectivity index (χ2n) is 4.10. The Hall–Kier alpha value is -1.37. The fraction of sp³-hybridized carbons (Fsp3) is 0.500. The molecular formula is C14H21N3. The van der Waals surface area contributed by atoms with Crippen LogP contribution < -0.4 is 5.32 Å². The molecule has 0 amide bonds. The molecule has 0 aliphatic heterocycles. The first-order valence-electron chi connectivity index (χ1n) is 6.04. The molecule has 0 bridgehead atoms. The van der Waals surface area contributed by atoms with Crippen molar-refractivity contribution in [3.05, 3.63) is 29.6 Å². The molecule has 1 rings (SSSR count). The highest BCUT2D eigenvalue weighted by molar-refractivity contribution is 5.14. The zero-order valence-corrected chi connectivity index (χ0v) is 10.7. The third-order valence-corrected chi connectivity index (χ3v) is 2.51. The summed E-state index contributed by atoms with van der Waals surface area (Å²) in [6, 6.07) is 4.19. The number of hydrogen-bond donors (Lipinski definition) is 1. The molecule has 92 valence electrons. The zero-order valence-electron chi connectivity index (χ0n) is 10.7. The van der Waals surface area contributed by atoms with E-state index in [2.05, 4.69) is 40.2 Å². The fourth-order valence-electron chi connectivity index (χ4n) is 1.75. The van der Waals surface area contributed by atoms with E-state index in [0.29, 0.717) is 6.54 Å². The molecule has 0 saturated heterocycles. The number of pyridine rings is 1. The molecule has 0 aromatic carbocycles. The van der Waals surface area contributed by atoms with Crippen LogP contribution >= 0.6 is 0 Å². The molecule has 3 heteroatoms. The predicted molar refractivity (Wildman–Crippen MR) is 71.4 cm³/mol. The molecule has 17 heavy (non-hydrogen) atoms. The van der Waals surface area contributed by atoms with Gasteiger partial charge in [0.15, 0.2) is 0 Å². The van der Waals surface area contributed by atoms with Crippen LogP contribution in [0.15, 0.2) is 18.3 Å². The summed E-state index contributed by atoms with van der Waals surface area (Å²) in [5.74, 6) is 2.69. The Morgan fingerprint density at radius 1 is 1.47 bits per heavy atom. The summed E-state index contributed by atoms with van der Waals surface area (Å²) in [4.78, 5) is 6.69. The molecule has 0 unspecified atom stereocenters. The smallest absolute Gasteiger partial charge is 0.0602 e. The highest BCUT2D eigenvalue weighted by Gasteiger charge is 2.04. The van der Waals surface area contributed by atoms with Crippen LogP contribution in [0.4, 0.5) is 0 Å². The lowest BCUT2D eigenvalue weighted by Gasteiger charge is -2.18. The zero-order chi connectivity index (χ0) is 12.5. The van der Waals surface area contributed by atoms with E-state index >= 15 is 0 Å². The Morgan fingerprint density at radius 3 is 2.82 bits per heavy atom. The van der Waals surface area contributed by atoms with E-state index in [1.54, 1.807) is 0 Å². The van der Waals surface area contributed by atoms with Gasteiger partial charge < -0.3 is 5.32 Å². The van der Waals surface area contributed by atoms with Crippen molar-refractivity contribution in [1.29, 1.82) is 0 Å². The van der Waals surface area contributed by atoms with Crippen LogP contribution in [0.3, 0.4) is 0 Å². The first-order valence-corrected chi connectivity index (χ1v) is 6.04. The van der Waals surface area contributed by atoms with Crippen LogP contribution in [0, 0.1) is 12.3 Å². The van der Waals surface area contributed by atoms with Crippen LogP contribution in [0.5, 0.6) is 0 Å². The average molecular weight is 231 g/mol. The van der Waals surface area contributed by atoms with Gasteiger partial charge in [0.2, 0.25) is 0 Å². The highest BCUT2D eigenvalue weighted by atomic mass is 15.1. The number of aromatic nitrogens is 1. The SMILES string of the molecule is C#CCN(CCC)Cc1ccc(CNC)cn1. The van der Waals surface area contributed by atoms with Crippen molar-refractivity contribution in [3.63, 3.8) is 0 Å². The van der Waals surface area contributed by atoms with Gasteiger partial charge in [-0.1, -0.05) is 18.9 Å². The first-order chi connectivity index (χ1) is 8.30. The van der Waals surface area contributed by atoms with E-state index in [-0.39, 0.29) is 0 Å². The maximum atomic E-state index is 5.36. The standard InChI is InChI=1S/C14H21N3/c1-4-8-17(9-5-2)12-14-7-6-13(10-15-3)11-16-14/h1,6-7,11,15H,5,8-10,12H2,2-3H3. The molecule has 0 atom stereocenters. The molecular weight excluding hydrogens is 210 g/mol. The maximum absolute atomic E-state index is 5.36. The average Bonchev–Trinajstić information content (AvgIpc) is 2.33. The van der Waals surface area contributed by atoms with Crippen molar-refractivity contribution in [1.82, 2.24) is 15.2 Å². The van der Waals surface area contributed by atoms with E-state index in [1.165, 1.54) is 5.56 Å². The van der Waals surface area contributed by atoms with E-state index in [4.69, 9.17) is 6.42 Å². The largest absolute Gasteiger partial charge is 0.316 e. The first kappa shape index (κ1) is 13.7. The van der Waals surface area contributed by atoms with Crippen LogP contribution in [0.2, 0.25) is 0 Å². The molecule has 1 aromatic rings. The third-order valence-electron chi connectivity index (χ3n) is 2.51. The molecule has 1 N–H and O–H groups in total. The van der Waals surface area contributed by atoms with E-state index in [0.717, 1.165) is 31.7 Å². The van der Waals surface area contributed by atoms with E-state index < -0.39 is 0 Å². The van der Waals surface area contributed by atoms with Gasteiger partial charge in [0.1, 0.15) is 0 Å². The molecule has 0 saturated carbocycles. The lowest BCUT2D eigenvalue weighted by Crippen LogP contribution is -2.24. The van der Waals surface area contributed by atoms with Gasteiger partial charge in [0.25, 0.3) is 0 Å². The minimum atomic E-state index is 0.688. The third kappa shape index (κ3) is 4.99. The Labute approximate surface area is 104 Å². The molecule has 1 heterocycles. The minimum absolute atomic E-state index is 0.688. The van der Waals surface area contributed by atoms with Gasteiger partial charge in [-0.2, -0.15) is 0 Å². The monoisotopic (exact) mass is 231 g/mol. The molecule has 3 nitrogen and oxygen atoms in total. The van der Waals surface area contributed by atoms with Gasteiger partial charge in [-0.05, 0) is 31.6 Å². The Balaban J connectivity index is 2.57. The maximum Gasteiger partial charge on any atom is 0.0602 e. The summed E-state index contributed by atoms with van der Waals surface area (Å²) < 4.78 is 0. The van der Waals surface area contributed by atoms with E-state index in [9.17, 15) is 0 Å².